The van der Waals surface area contributed by atoms with Gasteiger partial charge in [0.1, 0.15) is 0 Å². The molecule has 27 aromatic rings. The van der Waals surface area contributed by atoms with E-state index in [1.807, 2.05) is 48.5 Å². The summed E-state index contributed by atoms with van der Waals surface area (Å²) in [5.41, 5.74) is 21.8. The zero-order chi connectivity index (χ0) is 85.7. The van der Waals surface area contributed by atoms with Crippen molar-refractivity contribution in [3.05, 3.63) is 461 Å². The number of nitrogens with zero attached hydrogens (tertiary/aromatic N) is 6. The van der Waals surface area contributed by atoms with Gasteiger partial charge in [-0.2, -0.15) is 0 Å². The lowest BCUT2D eigenvalue weighted by molar-refractivity contribution is 1.29. The minimum Gasteiger partial charge on any atom is -0.244 e. The van der Waals surface area contributed by atoms with Crippen molar-refractivity contribution in [3.8, 4) is 89.8 Å². The van der Waals surface area contributed by atoms with Crippen LogP contribution in [-0.2, 0) is 0 Å². The molecule has 27 rings (SSSR count). The molecule has 0 atom stereocenters. The van der Waals surface area contributed by atoms with E-state index < -0.39 is 0 Å². The highest BCUT2D eigenvalue weighted by Gasteiger charge is 2.24. The van der Waals surface area contributed by atoms with Gasteiger partial charge in [-0.05, 0) is 229 Å². The Morgan fingerprint density at radius 1 is 0.115 bits per heavy atom. The third-order valence-electron chi connectivity index (χ3n) is 26.2. The standard InChI is InChI=1S/C46H28N2.C42H26N2.C36H22N2.CH4/c1-2-12-32(13-3-1)45-46(35-21-18-29-10-4-5-14-33(29)26-35)47-42-25-23-34(27-43(42)48-45)40-28-41-39(37-16-8-9-17-38(37)40)24-22-31-20-19-30-11-6-7-15-36(30)44(31)41;1-2-11-27(12-3-1)30-14-10-15-31(25-30)41-42(44-39-20-9-8-19-38(39)43-41)37-26-36-35(33-17-6-7-18-34(33)37)24-23-29-22-21-28-13-4-5-16-32(28)40(29)36;1-2-11-24(12-3-1)35-36(38-33-17-9-8-16-32(33)37-35)31-22-25-13-5-7-15-27(25)34-29-19-18-23-10-4-6-14-26(23)28(29)20-21-30(31)34;/h1-28H;1-26H;1-22H;1H4. The van der Waals surface area contributed by atoms with Gasteiger partial charge in [0.2, 0.25) is 0 Å². The Bertz CT molecular complexity index is 9320. The highest BCUT2D eigenvalue weighted by molar-refractivity contribution is 6.31. The molecule has 0 aliphatic heterocycles. The first-order valence-corrected chi connectivity index (χ1v) is 44.4. The van der Waals surface area contributed by atoms with Crippen LogP contribution < -0.4 is 0 Å². The largest absolute Gasteiger partial charge is 0.244 e. The maximum absolute atomic E-state index is 5.36. The van der Waals surface area contributed by atoms with Gasteiger partial charge < -0.3 is 0 Å². The van der Waals surface area contributed by atoms with E-state index in [4.69, 9.17) is 29.9 Å². The Morgan fingerprint density at radius 2 is 0.435 bits per heavy atom. The third kappa shape index (κ3) is 13.5. The summed E-state index contributed by atoms with van der Waals surface area (Å²) < 4.78 is 0. The average molecular weight is 1670 g/mol. The number of hydrogen-bond acceptors (Lipinski definition) is 6. The van der Waals surface area contributed by atoms with E-state index in [-0.39, 0.29) is 7.43 Å². The number of hydrogen-bond donors (Lipinski definition) is 0. The van der Waals surface area contributed by atoms with Crippen molar-refractivity contribution in [2.24, 2.45) is 0 Å². The van der Waals surface area contributed by atoms with Gasteiger partial charge in [-0.25, -0.2) is 29.9 Å². The highest BCUT2D eigenvalue weighted by atomic mass is 14.9. The van der Waals surface area contributed by atoms with Gasteiger partial charge in [-0.15, -0.1) is 0 Å². The molecule has 610 valence electrons. The van der Waals surface area contributed by atoms with Crippen molar-refractivity contribution < 1.29 is 0 Å². The lowest BCUT2D eigenvalue weighted by Crippen LogP contribution is -1.97. The Labute approximate surface area is 756 Å². The lowest BCUT2D eigenvalue weighted by atomic mass is 9.89. The molecule has 6 heteroatoms. The predicted octanol–water partition coefficient (Wildman–Crippen LogP) is 33.9. The average Bonchev–Trinajstić information content (AvgIpc) is 0.759. The van der Waals surface area contributed by atoms with Crippen molar-refractivity contribution in [2.75, 3.05) is 0 Å². The normalized spacial score (nSPS) is 11.6. The van der Waals surface area contributed by atoms with Crippen LogP contribution in [0.2, 0.25) is 0 Å². The number of aromatic nitrogens is 6. The number of benzene rings is 24. The van der Waals surface area contributed by atoms with E-state index in [1.165, 1.54) is 151 Å². The summed E-state index contributed by atoms with van der Waals surface area (Å²) in [4.78, 5) is 31.7. The number of rotatable bonds is 8. The first-order valence-electron chi connectivity index (χ1n) is 44.4. The molecule has 0 N–H and O–H groups in total. The van der Waals surface area contributed by atoms with Gasteiger partial charge in [-0.1, -0.05) is 402 Å². The predicted molar refractivity (Wildman–Crippen MR) is 556 cm³/mol. The zero-order valence-electron chi connectivity index (χ0n) is 70.6. The second-order valence-corrected chi connectivity index (χ2v) is 33.7. The minimum atomic E-state index is 0. The van der Waals surface area contributed by atoms with Crippen molar-refractivity contribution in [3.63, 3.8) is 0 Å². The first kappa shape index (κ1) is 77.3. The second kappa shape index (κ2) is 32.3. The molecule has 3 aromatic heterocycles. The molecule has 0 saturated carbocycles. The molecule has 0 saturated heterocycles. The lowest BCUT2D eigenvalue weighted by Gasteiger charge is -2.16. The highest BCUT2D eigenvalue weighted by Crippen LogP contribution is 2.48. The molecule has 0 amide bonds. The topological polar surface area (TPSA) is 77.3 Å². The molecular weight excluding hydrogens is 1590 g/mol. The van der Waals surface area contributed by atoms with Crippen molar-refractivity contribution in [1.82, 2.24) is 29.9 Å². The van der Waals surface area contributed by atoms with E-state index in [1.54, 1.807) is 0 Å². The van der Waals surface area contributed by atoms with E-state index in [0.29, 0.717) is 0 Å². The minimum absolute atomic E-state index is 0. The molecular formula is C125H80N6. The van der Waals surface area contributed by atoms with E-state index in [2.05, 4.69) is 413 Å². The molecule has 0 aliphatic carbocycles. The summed E-state index contributed by atoms with van der Waals surface area (Å²) in [6.07, 6.45) is 0. The monoisotopic (exact) mass is 1660 g/mol. The molecule has 0 unspecified atom stereocenters. The van der Waals surface area contributed by atoms with Gasteiger partial charge in [0.25, 0.3) is 0 Å². The Morgan fingerprint density at radius 3 is 1.02 bits per heavy atom. The van der Waals surface area contributed by atoms with Crippen LogP contribution in [0.15, 0.2) is 461 Å². The Balaban J connectivity index is 0.000000109. The molecule has 6 nitrogen and oxygen atoms in total. The molecule has 0 aliphatic rings. The van der Waals surface area contributed by atoms with Crippen LogP contribution in [0.25, 0.3) is 263 Å². The van der Waals surface area contributed by atoms with Crippen molar-refractivity contribution in [1.29, 1.82) is 0 Å². The Hall–Kier alpha value is -17.3. The maximum atomic E-state index is 5.36. The van der Waals surface area contributed by atoms with Gasteiger partial charge in [0.05, 0.1) is 67.3 Å². The Kier molecular flexibility index (Phi) is 19.0. The summed E-state index contributed by atoms with van der Waals surface area (Å²) in [5, 5.41) is 32.3. The van der Waals surface area contributed by atoms with Crippen molar-refractivity contribution in [2.45, 2.75) is 7.43 Å². The molecule has 0 fully saturated rings. The summed E-state index contributed by atoms with van der Waals surface area (Å²) in [6, 6.07) is 164. The number of fused-ring (bicyclic) bond motifs is 25. The fraction of sp³-hybridized carbons (Fsp3) is 0.00800. The first-order chi connectivity index (χ1) is 64.4. The fourth-order valence-electron chi connectivity index (χ4n) is 20.1. The van der Waals surface area contributed by atoms with Crippen LogP contribution in [0, 0.1) is 0 Å². The summed E-state index contributed by atoms with van der Waals surface area (Å²) in [7, 11) is 0. The maximum Gasteiger partial charge on any atom is 0.0979 e. The fourth-order valence-corrected chi connectivity index (χ4v) is 20.1. The summed E-state index contributed by atoms with van der Waals surface area (Å²) in [6.45, 7) is 0. The van der Waals surface area contributed by atoms with E-state index in [9.17, 15) is 0 Å². The second-order valence-electron chi connectivity index (χ2n) is 33.7. The van der Waals surface area contributed by atoms with Crippen LogP contribution in [-0.4, -0.2) is 29.9 Å². The number of para-hydroxylation sites is 4. The van der Waals surface area contributed by atoms with E-state index >= 15 is 0 Å². The summed E-state index contributed by atoms with van der Waals surface area (Å²) in [5.74, 6) is 0. The van der Waals surface area contributed by atoms with Crippen LogP contribution in [0.1, 0.15) is 7.43 Å². The third-order valence-corrected chi connectivity index (χ3v) is 26.2. The molecule has 131 heavy (non-hydrogen) atoms. The van der Waals surface area contributed by atoms with Crippen LogP contribution in [0.5, 0.6) is 0 Å². The molecule has 24 aromatic carbocycles. The van der Waals surface area contributed by atoms with Crippen LogP contribution >= 0.6 is 0 Å². The van der Waals surface area contributed by atoms with E-state index in [0.717, 1.165) is 112 Å². The van der Waals surface area contributed by atoms with Gasteiger partial charge in [-0.3, -0.25) is 0 Å². The quantitative estimate of drug-likeness (QED) is 0.141. The van der Waals surface area contributed by atoms with Gasteiger partial charge in [0, 0.05) is 33.4 Å². The smallest absolute Gasteiger partial charge is 0.0979 e. The van der Waals surface area contributed by atoms with Crippen molar-refractivity contribution >= 4 is 173 Å². The molecule has 0 bridgehead atoms. The molecule has 0 radical (unpaired) electrons. The zero-order valence-corrected chi connectivity index (χ0v) is 70.6. The SMILES string of the molecule is C.c1ccc(-c2cccc(-c3nc4ccccc4nc3-c3cc4c(ccc5ccc6ccccc6c54)c4ccccc34)c2)cc1.c1ccc(-c2nc3cc(-c4cc5c(ccc6ccc7ccccc7c65)c5ccccc45)ccc3nc2-c2ccc3ccccc3c2)cc1.c1ccc(-c2nc3ccccc3nc2-c2cc3ccccc3c3c2ccc2c4ccccc4ccc23)cc1. The van der Waals surface area contributed by atoms with Gasteiger partial charge in [0.15, 0.2) is 0 Å². The van der Waals surface area contributed by atoms with Crippen LogP contribution in [0.3, 0.4) is 0 Å². The van der Waals surface area contributed by atoms with Gasteiger partial charge >= 0.3 is 0 Å². The summed E-state index contributed by atoms with van der Waals surface area (Å²) >= 11 is 0. The molecule has 3 heterocycles. The molecule has 0 spiro atoms. The van der Waals surface area contributed by atoms with Crippen LogP contribution in [0.4, 0.5) is 0 Å².